The number of benzene rings is 1. The molecule has 0 aliphatic carbocycles. The molecule has 0 spiro atoms. The van der Waals surface area contributed by atoms with E-state index >= 15 is 0 Å². The number of anilines is 1. The first kappa shape index (κ1) is 21.6. The Balaban J connectivity index is 1.75. The van der Waals surface area contributed by atoms with Crippen LogP contribution < -0.4 is 11.2 Å². The number of rotatable bonds is 5. The van der Waals surface area contributed by atoms with Crippen LogP contribution in [0.15, 0.2) is 29.0 Å². The lowest BCUT2D eigenvalue weighted by Gasteiger charge is -2.17. The van der Waals surface area contributed by atoms with E-state index in [1.807, 2.05) is 16.5 Å². The molecular weight excluding hydrogens is 467 g/mol. The summed E-state index contributed by atoms with van der Waals surface area (Å²) in [6.07, 6.45) is 3.62. The molecule has 10 nitrogen and oxygen atoms in total. The van der Waals surface area contributed by atoms with Crippen LogP contribution in [-0.2, 0) is 6.54 Å². The van der Waals surface area contributed by atoms with Crippen molar-refractivity contribution < 1.29 is 9.42 Å². The number of aromatic nitrogens is 5. The molecule has 1 aliphatic rings. The second-order valence-electron chi connectivity index (χ2n) is 7.69. The third-order valence-electron chi connectivity index (χ3n) is 5.56. The molecule has 0 saturated carbocycles. The Morgan fingerprint density at radius 2 is 1.88 bits per heavy atom. The summed E-state index contributed by atoms with van der Waals surface area (Å²) in [5, 5.41) is 10.4. The summed E-state index contributed by atoms with van der Waals surface area (Å²) in [6.45, 7) is 4.04. The Kier molecular flexibility index (Phi) is 5.65. The minimum absolute atomic E-state index is 0.100. The van der Waals surface area contributed by atoms with Gasteiger partial charge in [-0.25, -0.2) is 14.6 Å². The molecule has 0 unspecified atom stereocenters. The first-order valence-electron chi connectivity index (χ1n) is 10.5. The van der Waals surface area contributed by atoms with Crippen LogP contribution in [0, 0.1) is 0 Å². The Morgan fingerprint density at radius 1 is 1.15 bits per heavy atom. The van der Waals surface area contributed by atoms with Gasteiger partial charge in [0.2, 0.25) is 0 Å². The lowest BCUT2D eigenvalue weighted by atomic mass is 10.1. The molecule has 1 fully saturated rings. The van der Waals surface area contributed by atoms with E-state index in [0.717, 1.165) is 25.9 Å². The van der Waals surface area contributed by atoms with Gasteiger partial charge in [-0.15, -0.1) is 0 Å². The topological polar surface area (TPSA) is 128 Å². The molecule has 1 amide bonds. The van der Waals surface area contributed by atoms with Gasteiger partial charge in [-0.2, -0.15) is 0 Å². The van der Waals surface area contributed by atoms with E-state index in [-0.39, 0.29) is 17.4 Å². The Bertz CT molecular complexity index is 1340. The first-order valence-corrected chi connectivity index (χ1v) is 11.2. The number of carbonyl (C=O) groups is 1. The number of fused-ring (bicyclic) bond motifs is 1. The number of hydrogen-bond acceptors (Lipinski definition) is 8. The summed E-state index contributed by atoms with van der Waals surface area (Å²) in [4.78, 5) is 22.6. The zero-order chi connectivity index (χ0) is 23.1. The molecule has 12 heteroatoms. The van der Waals surface area contributed by atoms with Crippen molar-refractivity contribution in [1.29, 1.82) is 0 Å². The van der Waals surface area contributed by atoms with E-state index in [4.69, 9.17) is 38.5 Å². The second-order valence-corrected chi connectivity index (χ2v) is 8.56. The van der Waals surface area contributed by atoms with Gasteiger partial charge in [0.25, 0.3) is 5.91 Å². The number of aryl methyl sites for hydroxylation is 1. The van der Waals surface area contributed by atoms with Crippen LogP contribution in [0.2, 0.25) is 10.0 Å². The molecular formula is C21H20Cl2N8O2. The molecule has 1 aromatic carbocycles. The van der Waals surface area contributed by atoms with Crippen molar-refractivity contribution in [1.82, 2.24) is 35.3 Å². The fourth-order valence-corrected chi connectivity index (χ4v) is 4.61. The van der Waals surface area contributed by atoms with Crippen molar-refractivity contribution >= 4 is 46.0 Å². The van der Waals surface area contributed by atoms with Gasteiger partial charge in [0.05, 0.1) is 16.8 Å². The highest BCUT2D eigenvalue weighted by atomic mass is 35.5. The highest BCUT2D eigenvalue weighted by Crippen LogP contribution is 2.35. The molecule has 0 radical (unpaired) electrons. The van der Waals surface area contributed by atoms with Crippen LogP contribution in [0.1, 0.15) is 30.1 Å². The van der Waals surface area contributed by atoms with E-state index in [2.05, 4.69) is 20.7 Å². The summed E-state index contributed by atoms with van der Waals surface area (Å²) in [5.41, 5.74) is 11.9. The molecule has 1 saturated heterocycles. The average molecular weight is 487 g/mol. The first-order chi connectivity index (χ1) is 16.0. The minimum Gasteiger partial charge on any atom is -0.379 e. The van der Waals surface area contributed by atoms with Gasteiger partial charge < -0.3 is 10.3 Å². The maximum absolute atomic E-state index is 13.3. The molecule has 4 aromatic rings. The van der Waals surface area contributed by atoms with Gasteiger partial charge in [0.15, 0.2) is 17.3 Å². The number of hydrogen-bond donors (Lipinski definition) is 2. The highest BCUT2D eigenvalue weighted by molar-refractivity contribution is 6.35. The summed E-state index contributed by atoms with van der Waals surface area (Å²) in [5.74, 6) is 0.254. The van der Waals surface area contributed by atoms with E-state index < -0.39 is 0 Å². The van der Waals surface area contributed by atoms with Crippen LogP contribution in [0.25, 0.3) is 33.8 Å². The van der Waals surface area contributed by atoms with E-state index in [0.29, 0.717) is 50.3 Å². The summed E-state index contributed by atoms with van der Waals surface area (Å²) >= 11 is 12.5. The largest absolute Gasteiger partial charge is 0.379 e. The van der Waals surface area contributed by atoms with E-state index in [1.165, 1.54) is 0 Å². The third-order valence-corrected chi connectivity index (χ3v) is 5.99. The van der Waals surface area contributed by atoms with Crippen molar-refractivity contribution in [3.05, 3.63) is 40.0 Å². The van der Waals surface area contributed by atoms with Crippen LogP contribution in [0.4, 0.5) is 5.82 Å². The fourth-order valence-electron chi connectivity index (χ4n) is 4.08. The van der Waals surface area contributed by atoms with Crippen LogP contribution in [0.5, 0.6) is 0 Å². The SMILES string of the molecule is CCn1c(-c2nonc2N)nc2c(-c3cc(Cl)cc(Cl)c3)ncc(C(=O)NN3CCCC3)c21. The Hall–Kier alpha value is -3.21. The lowest BCUT2D eigenvalue weighted by molar-refractivity contribution is 0.0827. The molecule has 0 bridgehead atoms. The summed E-state index contributed by atoms with van der Waals surface area (Å²) in [6, 6.07) is 5.13. The fraction of sp³-hybridized carbons (Fsp3) is 0.286. The molecule has 33 heavy (non-hydrogen) atoms. The Morgan fingerprint density at radius 3 is 2.52 bits per heavy atom. The maximum atomic E-state index is 13.3. The number of carbonyl (C=O) groups excluding carboxylic acids is 1. The monoisotopic (exact) mass is 486 g/mol. The number of nitrogens with zero attached hydrogens (tertiary/aromatic N) is 6. The van der Waals surface area contributed by atoms with Gasteiger partial charge in [-0.1, -0.05) is 23.2 Å². The van der Waals surface area contributed by atoms with Gasteiger partial charge >= 0.3 is 0 Å². The molecule has 1 aliphatic heterocycles. The van der Waals surface area contributed by atoms with Gasteiger partial charge in [0, 0.05) is 41.4 Å². The quantitative estimate of drug-likeness (QED) is 0.435. The van der Waals surface area contributed by atoms with Crippen LogP contribution in [0.3, 0.4) is 0 Å². The van der Waals surface area contributed by atoms with Crippen molar-refractivity contribution in [2.24, 2.45) is 0 Å². The number of hydrazine groups is 1. The lowest BCUT2D eigenvalue weighted by Crippen LogP contribution is -2.40. The predicted molar refractivity (Wildman–Crippen MR) is 125 cm³/mol. The number of halogens is 2. The molecule has 5 rings (SSSR count). The Labute approximate surface area is 198 Å². The zero-order valence-corrected chi connectivity index (χ0v) is 19.2. The van der Waals surface area contributed by atoms with Crippen molar-refractivity contribution in [3.8, 4) is 22.8 Å². The smallest absolute Gasteiger partial charge is 0.269 e. The zero-order valence-electron chi connectivity index (χ0n) is 17.7. The number of pyridine rings is 1. The van der Waals surface area contributed by atoms with Crippen LogP contribution >= 0.6 is 23.2 Å². The number of nitrogens with one attached hydrogen (secondary N) is 1. The van der Waals surface area contributed by atoms with Crippen molar-refractivity contribution in [2.45, 2.75) is 26.3 Å². The van der Waals surface area contributed by atoms with Gasteiger partial charge in [-0.05, 0) is 48.3 Å². The molecule has 4 heterocycles. The molecule has 3 N–H and O–H groups in total. The standard InChI is InChI=1S/C21H20Cl2N8O2/c1-2-31-18-14(21(32)27-30-5-3-4-6-30)10-25-15(11-7-12(22)9-13(23)8-11)16(18)26-20(31)17-19(24)29-33-28-17/h7-10H,2-6H2,1H3,(H2,24,29)(H,27,32). The predicted octanol–water partition coefficient (Wildman–Crippen LogP) is 3.80. The molecule has 170 valence electrons. The normalized spacial score (nSPS) is 14.3. The van der Waals surface area contributed by atoms with Gasteiger partial charge in [-0.3, -0.25) is 15.2 Å². The van der Waals surface area contributed by atoms with E-state index in [1.54, 1.807) is 24.4 Å². The second kappa shape index (κ2) is 8.62. The van der Waals surface area contributed by atoms with Crippen molar-refractivity contribution in [2.75, 3.05) is 18.8 Å². The summed E-state index contributed by atoms with van der Waals surface area (Å²) < 4.78 is 6.64. The van der Waals surface area contributed by atoms with E-state index in [9.17, 15) is 4.79 Å². The third kappa shape index (κ3) is 3.90. The highest BCUT2D eigenvalue weighted by Gasteiger charge is 2.26. The average Bonchev–Trinajstić information content (AvgIpc) is 3.51. The van der Waals surface area contributed by atoms with Crippen LogP contribution in [-0.4, -0.2) is 48.9 Å². The number of nitrogens with two attached hydrogens (primary N) is 1. The summed E-state index contributed by atoms with van der Waals surface area (Å²) in [7, 11) is 0. The maximum Gasteiger partial charge on any atom is 0.269 e. The molecule has 0 atom stereocenters. The number of nitrogen functional groups attached to an aromatic ring is 1. The molecule has 3 aromatic heterocycles. The van der Waals surface area contributed by atoms with Crippen molar-refractivity contribution in [3.63, 3.8) is 0 Å². The van der Waals surface area contributed by atoms with Gasteiger partial charge in [0.1, 0.15) is 5.52 Å². The minimum atomic E-state index is -0.266. The number of amides is 1. The number of imidazole rings is 1.